The summed E-state index contributed by atoms with van der Waals surface area (Å²) in [7, 11) is 0. The third kappa shape index (κ3) is 5.02. The molecule has 0 aliphatic rings. The lowest BCUT2D eigenvalue weighted by Gasteiger charge is -2.16. The highest BCUT2D eigenvalue weighted by Gasteiger charge is 2.30. The van der Waals surface area contributed by atoms with Crippen LogP contribution in [-0.2, 0) is 17.5 Å². The Morgan fingerprint density at radius 1 is 1.20 bits per heavy atom. The molecule has 0 radical (unpaired) electrons. The number of benzene rings is 1. The molecule has 1 heterocycles. The molecular formula is C17H20F3N3OS. The molecule has 1 aromatic carbocycles. The molecule has 1 aromatic heterocycles. The minimum atomic E-state index is -4.38. The third-order valence-corrected chi connectivity index (χ3v) is 4.67. The van der Waals surface area contributed by atoms with E-state index in [9.17, 15) is 18.0 Å². The minimum Gasteiger partial charge on any atom is -0.299 e. The van der Waals surface area contributed by atoms with Crippen LogP contribution >= 0.6 is 11.3 Å². The first-order chi connectivity index (χ1) is 11.7. The van der Waals surface area contributed by atoms with Gasteiger partial charge < -0.3 is 0 Å². The van der Waals surface area contributed by atoms with Crippen LogP contribution in [0.25, 0.3) is 5.69 Å². The standard InChI is InChI=1S/C17H20F3N3OS/c1-4-22(5-2)10-15-11-23(16(25-15)21-12(3)24)14-8-6-13(7-9-14)17(18,19)20/h6-9,11H,4-5,10H2,1-3H3. The Labute approximate surface area is 148 Å². The van der Waals surface area contributed by atoms with Crippen LogP contribution in [0.3, 0.4) is 0 Å². The van der Waals surface area contributed by atoms with Gasteiger partial charge in [0.15, 0.2) is 4.80 Å². The second-order valence-electron chi connectivity index (χ2n) is 5.49. The van der Waals surface area contributed by atoms with Gasteiger partial charge in [-0.1, -0.05) is 25.2 Å². The number of rotatable bonds is 5. The molecule has 2 rings (SSSR count). The lowest BCUT2D eigenvalue weighted by molar-refractivity contribution is -0.137. The molecule has 0 fully saturated rings. The highest BCUT2D eigenvalue weighted by molar-refractivity contribution is 7.09. The molecule has 8 heteroatoms. The van der Waals surface area contributed by atoms with E-state index < -0.39 is 11.7 Å². The van der Waals surface area contributed by atoms with Crippen molar-refractivity contribution in [3.8, 4) is 5.69 Å². The Hall–Kier alpha value is -1.93. The molecule has 1 amide bonds. The van der Waals surface area contributed by atoms with Gasteiger partial charge in [0, 0.05) is 30.2 Å². The van der Waals surface area contributed by atoms with E-state index in [1.54, 1.807) is 4.57 Å². The van der Waals surface area contributed by atoms with Crippen LogP contribution < -0.4 is 4.80 Å². The highest BCUT2D eigenvalue weighted by atomic mass is 32.1. The summed E-state index contributed by atoms with van der Waals surface area (Å²) in [6, 6.07) is 4.83. The lowest BCUT2D eigenvalue weighted by Crippen LogP contribution is -2.21. The van der Waals surface area contributed by atoms with Gasteiger partial charge in [0.25, 0.3) is 0 Å². The lowest BCUT2D eigenvalue weighted by atomic mass is 10.2. The van der Waals surface area contributed by atoms with Crippen LogP contribution in [0, 0.1) is 0 Å². The van der Waals surface area contributed by atoms with Crippen molar-refractivity contribution in [2.45, 2.75) is 33.5 Å². The smallest absolute Gasteiger partial charge is 0.299 e. The molecule has 0 bridgehead atoms. The normalized spacial score (nSPS) is 12.8. The van der Waals surface area contributed by atoms with Crippen molar-refractivity contribution in [2.24, 2.45) is 4.99 Å². The monoisotopic (exact) mass is 371 g/mol. The Morgan fingerprint density at radius 2 is 1.80 bits per heavy atom. The summed E-state index contributed by atoms with van der Waals surface area (Å²) in [5.41, 5.74) is -0.171. The van der Waals surface area contributed by atoms with Crippen molar-refractivity contribution in [3.63, 3.8) is 0 Å². The number of thiazole rings is 1. The van der Waals surface area contributed by atoms with Crippen LogP contribution in [-0.4, -0.2) is 28.5 Å². The van der Waals surface area contributed by atoms with E-state index in [0.29, 0.717) is 17.0 Å². The molecule has 0 unspecified atom stereocenters. The summed E-state index contributed by atoms with van der Waals surface area (Å²) in [5, 5.41) is 0. The summed E-state index contributed by atoms with van der Waals surface area (Å²) in [6.45, 7) is 7.93. The first-order valence-corrected chi connectivity index (χ1v) is 8.72. The first-order valence-electron chi connectivity index (χ1n) is 7.91. The largest absolute Gasteiger partial charge is 0.416 e. The van der Waals surface area contributed by atoms with E-state index >= 15 is 0 Å². The van der Waals surface area contributed by atoms with E-state index in [1.807, 2.05) is 6.20 Å². The van der Waals surface area contributed by atoms with Gasteiger partial charge in [0.1, 0.15) is 0 Å². The molecule has 136 valence electrons. The zero-order chi connectivity index (χ0) is 18.6. The molecule has 4 nitrogen and oxygen atoms in total. The third-order valence-electron chi connectivity index (χ3n) is 3.70. The summed E-state index contributed by atoms with van der Waals surface area (Å²) < 4.78 is 39.8. The van der Waals surface area contributed by atoms with E-state index in [0.717, 1.165) is 30.1 Å². The van der Waals surface area contributed by atoms with Crippen molar-refractivity contribution in [2.75, 3.05) is 13.1 Å². The number of amides is 1. The zero-order valence-corrected chi connectivity index (χ0v) is 15.1. The average molecular weight is 371 g/mol. The second-order valence-corrected chi connectivity index (χ2v) is 6.58. The molecule has 0 atom stereocenters. The van der Waals surface area contributed by atoms with Gasteiger partial charge in [-0.2, -0.15) is 18.2 Å². The van der Waals surface area contributed by atoms with Gasteiger partial charge >= 0.3 is 6.18 Å². The van der Waals surface area contributed by atoms with Gasteiger partial charge in [-0.3, -0.25) is 14.3 Å². The van der Waals surface area contributed by atoms with Crippen LogP contribution in [0.5, 0.6) is 0 Å². The average Bonchev–Trinajstić information content (AvgIpc) is 2.93. The number of aromatic nitrogens is 1. The Balaban J connectivity index is 2.45. The van der Waals surface area contributed by atoms with Crippen LogP contribution in [0.15, 0.2) is 35.5 Å². The fourth-order valence-corrected chi connectivity index (χ4v) is 3.41. The molecule has 0 saturated heterocycles. The Kier molecular flexibility index (Phi) is 6.18. The number of carbonyl (C=O) groups excluding carboxylic acids is 1. The van der Waals surface area contributed by atoms with Crippen molar-refractivity contribution >= 4 is 17.2 Å². The van der Waals surface area contributed by atoms with Crippen LogP contribution in [0.2, 0.25) is 0 Å². The molecule has 0 N–H and O–H groups in total. The maximum Gasteiger partial charge on any atom is 0.416 e. The van der Waals surface area contributed by atoms with Gasteiger partial charge in [0.05, 0.1) is 5.56 Å². The fraction of sp³-hybridized carbons (Fsp3) is 0.412. The quantitative estimate of drug-likeness (QED) is 0.801. The van der Waals surface area contributed by atoms with Gasteiger partial charge in [0.2, 0.25) is 5.91 Å². The summed E-state index contributed by atoms with van der Waals surface area (Å²) in [6.07, 6.45) is -2.55. The van der Waals surface area contributed by atoms with Crippen molar-refractivity contribution < 1.29 is 18.0 Å². The van der Waals surface area contributed by atoms with Crippen molar-refractivity contribution in [1.29, 1.82) is 0 Å². The molecular weight excluding hydrogens is 351 g/mol. The van der Waals surface area contributed by atoms with Crippen LogP contribution in [0.4, 0.5) is 13.2 Å². The number of hydrogen-bond donors (Lipinski definition) is 0. The fourth-order valence-electron chi connectivity index (χ4n) is 2.34. The molecule has 0 aliphatic carbocycles. The zero-order valence-electron chi connectivity index (χ0n) is 14.3. The molecule has 0 aliphatic heterocycles. The van der Waals surface area contributed by atoms with Gasteiger partial charge in [-0.05, 0) is 37.4 Å². The number of halogens is 3. The van der Waals surface area contributed by atoms with E-state index in [2.05, 4.69) is 23.7 Å². The summed E-state index contributed by atoms with van der Waals surface area (Å²) >= 11 is 1.36. The Bertz CT molecular complexity index is 787. The molecule has 2 aromatic rings. The predicted octanol–water partition coefficient (Wildman–Crippen LogP) is 3.85. The molecule has 0 saturated carbocycles. The minimum absolute atomic E-state index is 0.350. The molecule has 0 spiro atoms. The van der Waals surface area contributed by atoms with Crippen LogP contribution in [0.1, 0.15) is 31.2 Å². The van der Waals surface area contributed by atoms with Crippen molar-refractivity contribution in [3.05, 3.63) is 45.7 Å². The molecule has 25 heavy (non-hydrogen) atoms. The maximum absolute atomic E-state index is 12.7. The summed E-state index contributed by atoms with van der Waals surface area (Å²) in [5.74, 6) is -0.350. The van der Waals surface area contributed by atoms with E-state index in [4.69, 9.17) is 0 Å². The number of alkyl halides is 3. The first kappa shape index (κ1) is 19.4. The van der Waals surface area contributed by atoms with E-state index in [1.165, 1.54) is 30.4 Å². The second kappa shape index (κ2) is 7.97. The topological polar surface area (TPSA) is 37.6 Å². The number of carbonyl (C=O) groups is 1. The Morgan fingerprint density at radius 3 is 2.28 bits per heavy atom. The highest BCUT2D eigenvalue weighted by Crippen LogP contribution is 2.29. The van der Waals surface area contributed by atoms with Gasteiger partial charge in [-0.15, -0.1) is 0 Å². The van der Waals surface area contributed by atoms with E-state index in [-0.39, 0.29) is 5.91 Å². The van der Waals surface area contributed by atoms with Crippen molar-refractivity contribution in [1.82, 2.24) is 9.47 Å². The maximum atomic E-state index is 12.7. The summed E-state index contributed by atoms with van der Waals surface area (Å²) in [4.78, 5) is 19.0. The number of hydrogen-bond acceptors (Lipinski definition) is 3. The number of nitrogens with zero attached hydrogens (tertiary/aromatic N) is 3. The van der Waals surface area contributed by atoms with Gasteiger partial charge in [-0.25, -0.2) is 0 Å². The predicted molar refractivity (Wildman–Crippen MR) is 91.5 cm³/mol. The SMILES string of the molecule is CCN(CC)Cc1cn(-c2ccc(C(F)(F)F)cc2)c(=NC(C)=O)s1.